The highest BCUT2D eigenvalue weighted by Crippen LogP contribution is 2.34. The molecule has 0 aliphatic heterocycles. The SMILES string of the molecule is CCc1nn(C)c(Sc2ccc(C)c(C)c2)c1N. The predicted molar refractivity (Wildman–Crippen MR) is 77.0 cm³/mol. The number of hydrogen-bond donors (Lipinski definition) is 1. The summed E-state index contributed by atoms with van der Waals surface area (Å²) in [6.07, 6.45) is 0.868. The van der Waals surface area contributed by atoms with Crippen molar-refractivity contribution in [3.8, 4) is 0 Å². The van der Waals surface area contributed by atoms with Crippen molar-refractivity contribution >= 4 is 17.4 Å². The fraction of sp³-hybridized carbons (Fsp3) is 0.357. The van der Waals surface area contributed by atoms with E-state index in [1.54, 1.807) is 11.8 Å². The molecule has 2 aromatic rings. The molecule has 2 N–H and O–H groups in total. The quantitative estimate of drug-likeness (QED) is 0.921. The molecule has 1 aromatic heterocycles. The first-order chi connectivity index (χ1) is 8.52. The number of nitrogens with two attached hydrogens (primary N) is 1. The third kappa shape index (κ3) is 2.38. The molecule has 0 unspecified atom stereocenters. The van der Waals surface area contributed by atoms with Gasteiger partial charge in [-0.1, -0.05) is 24.8 Å². The maximum Gasteiger partial charge on any atom is 0.122 e. The van der Waals surface area contributed by atoms with E-state index in [-0.39, 0.29) is 0 Å². The van der Waals surface area contributed by atoms with Gasteiger partial charge in [-0.3, -0.25) is 4.68 Å². The second kappa shape index (κ2) is 5.06. The van der Waals surface area contributed by atoms with Crippen molar-refractivity contribution in [3.63, 3.8) is 0 Å². The molecule has 18 heavy (non-hydrogen) atoms. The first kappa shape index (κ1) is 13.0. The number of hydrogen-bond acceptors (Lipinski definition) is 3. The van der Waals surface area contributed by atoms with Gasteiger partial charge >= 0.3 is 0 Å². The van der Waals surface area contributed by atoms with E-state index in [1.807, 2.05) is 11.7 Å². The van der Waals surface area contributed by atoms with Crippen LogP contribution in [0, 0.1) is 13.8 Å². The van der Waals surface area contributed by atoms with Crippen molar-refractivity contribution in [2.45, 2.75) is 37.1 Å². The van der Waals surface area contributed by atoms with Gasteiger partial charge in [-0.05, 0) is 43.5 Å². The molecule has 0 atom stereocenters. The van der Waals surface area contributed by atoms with Gasteiger partial charge < -0.3 is 5.73 Å². The van der Waals surface area contributed by atoms with E-state index >= 15 is 0 Å². The number of aryl methyl sites for hydroxylation is 4. The first-order valence-corrected chi connectivity index (χ1v) is 6.91. The van der Waals surface area contributed by atoms with E-state index in [1.165, 1.54) is 16.0 Å². The summed E-state index contributed by atoms with van der Waals surface area (Å²) >= 11 is 1.68. The molecule has 0 saturated heterocycles. The zero-order chi connectivity index (χ0) is 13.3. The Kier molecular flexibility index (Phi) is 3.66. The molecule has 4 heteroatoms. The predicted octanol–water partition coefficient (Wildman–Crippen LogP) is 3.33. The second-order valence-electron chi connectivity index (χ2n) is 4.49. The molecule has 3 nitrogen and oxygen atoms in total. The molecule has 0 fully saturated rings. The average molecular weight is 261 g/mol. The maximum absolute atomic E-state index is 6.13. The van der Waals surface area contributed by atoms with Crippen LogP contribution in [0.25, 0.3) is 0 Å². The Bertz CT molecular complexity index is 573. The Morgan fingerprint density at radius 3 is 2.56 bits per heavy atom. The summed E-state index contributed by atoms with van der Waals surface area (Å²) in [6, 6.07) is 6.47. The summed E-state index contributed by atoms with van der Waals surface area (Å²) in [7, 11) is 1.94. The molecular formula is C14H19N3S. The molecular weight excluding hydrogens is 242 g/mol. The van der Waals surface area contributed by atoms with E-state index in [4.69, 9.17) is 5.73 Å². The summed E-state index contributed by atoms with van der Waals surface area (Å²) in [5.41, 5.74) is 10.5. The number of anilines is 1. The highest BCUT2D eigenvalue weighted by Gasteiger charge is 2.13. The standard InChI is InChI=1S/C14H19N3S/c1-5-12-13(15)14(17(4)16-12)18-11-7-6-9(2)10(3)8-11/h6-8H,5,15H2,1-4H3. The van der Waals surface area contributed by atoms with Crippen molar-refractivity contribution in [2.24, 2.45) is 7.05 Å². The molecule has 1 heterocycles. The Labute approximate surface area is 112 Å². The third-order valence-electron chi connectivity index (χ3n) is 3.13. The normalized spacial score (nSPS) is 10.9. The Morgan fingerprint density at radius 1 is 1.28 bits per heavy atom. The van der Waals surface area contributed by atoms with Crippen LogP contribution in [-0.4, -0.2) is 9.78 Å². The van der Waals surface area contributed by atoms with Crippen LogP contribution in [0.5, 0.6) is 0 Å². The summed E-state index contributed by atoms with van der Waals surface area (Å²) in [4.78, 5) is 1.20. The number of benzene rings is 1. The van der Waals surface area contributed by atoms with Crippen LogP contribution in [0.15, 0.2) is 28.1 Å². The minimum atomic E-state index is 0.809. The minimum absolute atomic E-state index is 0.809. The van der Waals surface area contributed by atoms with Crippen LogP contribution in [0.3, 0.4) is 0 Å². The Morgan fingerprint density at radius 2 is 2.00 bits per heavy atom. The van der Waals surface area contributed by atoms with Crippen LogP contribution < -0.4 is 5.73 Å². The molecule has 0 saturated carbocycles. The molecule has 1 aromatic carbocycles. The summed E-state index contributed by atoms with van der Waals surface area (Å²) in [5, 5.41) is 5.46. The van der Waals surface area contributed by atoms with Gasteiger partial charge in [-0.25, -0.2) is 0 Å². The summed E-state index contributed by atoms with van der Waals surface area (Å²) < 4.78 is 1.87. The van der Waals surface area contributed by atoms with Gasteiger partial charge in [0.1, 0.15) is 5.03 Å². The molecule has 2 rings (SSSR count). The Hall–Kier alpha value is -1.42. The number of nitrogen functional groups attached to an aromatic ring is 1. The molecule has 0 spiro atoms. The lowest BCUT2D eigenvalue weighted by Gasteiger charge is -2.06. The second-order valence-corrected chi connectivity index (χ2v) is 5.55. The third-order valence-corrected chi connectivity index (χ3v) is 4.30. The monoisotopic (exact) mass is 261 g/mol. The molecule has 0 bridgehead atoms. The van der Waals surface area contributed by atoms with Crippen LogP contribution in [0.1, 0.15) is 23.7 Å². The van der Waals surface area contributed by atoms with Crippen LogP contribution in [0.4, 0.5) is 5.69 Å². The number of nitrogens with zero attached hydrogens (tertiary/aromatic N) is 2. The highest BCUT2D eigenvalue weighted by molar-refractivity contribution is 7.99. The van der Waals surface area contributed by atoms with E-state index < -0.39 is 0 Å². The van der Waals surface area contributed by atoms with Crippen LogP contribution in [0.2, 0.25) is 0 Å². The van der Waals surface area contributed by atoms with Crippen LogP contribution >= 0.6 is 11.8 Å². The molecule has 0 aliphatic rings. The largest absolute Gasteiger partial charge is 0.395 e. The topological polar surface area (TPSA) is 43.8 Å². The maximum atomic E-state index is 6.13. The fourth-order valence-corrected chi connectivity index (χ4v) is 2.85. The van der Waals surface area contributed by atoms with Gasteiger partial charge in [0, 0.05) is 11.9 Å². The van der Waals surface area contributed by atoms with Crippen molar-refractivity contribution in [1.29, 1.82) is 0 Å². The van der Waals surface area contributed by atoms with Gasteiger partial charge in [-0.15, -0.1) is 0 Å². The zero-order valence-corrected chi connectivity index (χ0v) is 12.1. The minimum Gasteiger partial charge on any atom is -0.395 e. The Balaban J connectivity index is 2.33. The van der Waals surface area contributed by atoms with Crippen molar-refractivity contribution in [1.82, 2.24) is 9.78 Å². The smallest absolute Gasteiger partial charge is 0.122 e. The average Bonchev–Trinajstić information content (AvgIpc) is 2.61. The van der Waals surface area contributed by atoms with E-state index in [2.05, 4.69) is 44.1 Å². The lowest BCUT2D eigenvalue weighted by atomic mass is 10.1. The molecule has 0 radical (unpaired) electrons. The van der Waals surface area contributed by atoms with E-state index in [0.29, 0.717) is 0 Å². The van der Waals surface area contributed by atoms with Gasteiger partial charge in [-0.2, -0.15) is 5.10 Å². The lowest BCUT2D eigenvalue weighted by molar-refractivity contribution is 0.687. The van der Waals surface area contributed by atoms with E-state index in [0.717, 1.165) is 22.8 Å². The summed E-state index contributed by atoms with van der Waals surface area (Å²) in [5.74, 6) is 0. The first-order valence-electron chi connectivity index (χ1n) is 6.09. The van der Waals surface area contributed by atoms with Crippen molar-refractivity contribution in [2.75, 3.05) is 5.73 Å². The molecule has 0 aliphatic carbocycles. The highest BCUT2D eigenvalue weighted by atomic mass is 32.2. The lowest BCUT2D eigenvalue weighted by Crippen LogP contribution is -1.94. The van der Waals surface area contributed by atoms with Crippen molar-refractivity contribution < 1.29 is 0 Å². The molecule has 0 amide bonds. The number of rotatable bonds is 3. The fourth-order valence-electron chi connectivity index (χ4n) is 1.85. The van der Waals surface area contributed by atoms with Gasteiger partial charge in [0.25, 0.3) is 0 Å². The van der Waals surface area contributed by atoms with E-state index in [9.17, 15) is 0 Å². The molecule has 96 valence electrons. The van der Waals surface area contributed by atoms with Crippen molar-refractivity contribution in [3.05, 3.63) is 35.0 Å². The van der Waals surface area contributed by atoms with Crippen LogP contribution in [-0.2, 0) is 13.5 Å². The van der Waals surface area contributed by atoms with Gasteiger partial charge in [0.05, 0.1) is 11.4 Å². The number of aromatic nitrogens is 2. The van der Waals surface area contributed by atoms with Gasteiger partial charge in [0.15, 0.2) is 0 Å². The zero-order valence-electron chi connectivity index (χ0n) is 11.3. The summed E-state index contributed by atoms with van der Waals surface area (Å²) in [6.45, 7) is 6.32. The van der Waals surface area contributed by atoms with Gasteiger partial charge in [0.2, 0.25) is 0 Å².